The quantitative estimate of drug-likeness (QED) is 0.882. The van der Waals surface area contributed by atoms with Gasteiger partial charge in [0.05, 0.1) is 9.92 Å². The Morgan fingerprint density at radius 1 is 1.47 bits per heavy atom. The number of hydrogen-bond donors (Lipinski definition) is 2. The van der Waals surface area contributed by atoms with E-state index in [1.54, 1.807) is 6.07 Å². The van der Waals surface area contributed by atoms with Gasteiger partial charge in [0, 0.05) is 17.1 Å². The summed E-state index contributed by atoms with van der Waals surface area (Å²) in [6.45, 7) is 1.52. The number of rotatable bonds is 3. The van der Waals surface area contributed by atoms with Crippen LogP contribution in [-0.4, -0.2) is 27.5 Å². The fourth-order valence-corrected chi connectivity index (χ4v) is 3.63. The first kappa shape index (κ1) is 13.3. The van der Waals surface area contributed by atoms with Crippen LogP contribution >= 0.6 is 27.5 Å². The molecule has 0 radical (unpaired) electrons. The van der Waals surface area contributed by atoms with Gasteiger partial charge in [-0.05, 0) is 47.1 Å². The molecule has 1 heterocycles. The fraction of sp³-hybridized carbons (Fsp3) is 0.400. The Labute approximate surface area is 114 Å². The van der Waals surface area contributed by atoms with Crippen molar-refractivity contribution < 1.29 is 8.42 Å². The molecule has 2 N–H and O–H groups in total. The van der Waals surface area contributed by atoms with Gasteiger partial charge in [-0.1, -0.05) is 11.6 Å². The van der Waals surface area contributed by atoms with Gasteiger partial charge in [-0.2, -0.15) is 0 Å². The van der Waals surface area contributed by atoms with E-state index in [1.807, 2.05) is 0 Å². The third kappa shape index (κ3) is 3.20. The maximum Gasteiger partial charge on any atom is 0.240 e. The molecule has 1 aliphatic heterocycles. The summed E-state index contributed by atoms with van der Waals surface area (Å²) in [6, 6.07) is 4.53. The fourth-order valence-electron chi connectivity index (χ4n) is 1.69. The minimum atomic E-state index is -3.46. The SMILES string of the molecule is O=S(=O)(N[C@@H]1CCNC1)c1ccc(Cl)c(Br)c1. The van der Waals surface area contributed by atoms with Crippen LogP contribution in [-0.2, 0) is 10.0 Å². The van der Waals surface area contributed by atoms with Crippen LogP contribution in [0, 0.1) is 0 Å². The van der Waals surface area contributed by atoms with Crippen LogP contribution in [0.15, 0.2) is 27.6 Å². The summed E-state index contributed by atoms with van der Waals surface area (Å²) in [7, 11) is -3.46. The Hall–Kier alpha value is -0.140. The first-order chi connectivity index (χ1) is 7.99. The van der Waals surface area contributed by atoms with Gasteiger partial charge in [-0.15, -0.1) is 0 Å². The van der Waals surface area contributed by atoms with Crippen molar-refractivity contribution in [2.24, 2.45) is 0 Å². The molecule has 0 spiro atoms. The van der Waals surface area contributed by atoms with Gasteiger partial charge in [0.25, 0.3) is 0 Å². The molecule has 0 aliphatic carbocycles. The van der Waals surface area contributed by atoms with Crippen molar-refractivity contribution in [3.8, 4) is 0 Å². The van der Waals surface area contributed by atoms with E-state index in [9.17, 15) is 8.42 Å². The molecule has 0 aromatic heterocycles. The minimum Gasteiger partial charge on any atom is -0.315 e. The number of hydrogen-bond acceptors (Lipinski definition) is 3. The zero-order chi connectivity index (χ0) is 12.5. The van der Waals surface area contributed by atoms with Crippen LogP contribution in [0.2, 0.25) is 5.02 Å². The summed E-state index contributed by atoms with van der Waals surface area (Å²) < 4.78 is 27.3. The van der Waals surface area contributed by atoms with E-state index in [4.69, 9.17) is 11.6 Å². The van der Waals surface area contributed by atoms with Crippen LogP contribution in [0.5, 0.6) is 0 Å². The highest BCUT2D eigenvalue weighted by atomic mass is 79.9. The van der Waals surface area contributed by atoms with Crippen LogP contribution in [0.1, 0.15) is 6.42 Å². The molecule has 1 saturated heterocycles. The largest absolute Gasteiger partial charge is 0.315 e. The monoisotopic (exact) mass is 338 g/mol. The first-order valence-corrected chi connectivity index (χ1v) is 7.82. The van der Waals surface area contributed by atoms with Crippen LogP contribution in [0.4, 0.5) is 0 Å². The molecule has 4 nitrogen and oxygen atoms in total. The van der Waals surface area contributed by atoms with Crippen molar-refractivity contribution in [1.29, 1.82) is 0 Å². The Balaban J connectivity index is 2.21. The predicted octanol–water partition coefficient (Wildman–Crippen LogP) is 1.74. The Morgan fingerprint density at radius 3 is 2.82 bits per heavy atom. The lowest BCUT2D eigenvalue weighted by Crippen LogP contribution is -2.36. The molecular weight excluding hydrogens is 328 g/mol. The molecule has 0 bridgehead atoms. The van der Waals surface area contributed by atoms with Gasteiger partial charge in [0.15, 0.2) is 0 Å². The summed E-state index contributed by atoms with van der Waals surface area (Å²) in [5.74, 6) is 0. The lowest BCUT2D eigenvalue weighted by Gasteiger charge is -2.12. The summed E-state index contributed by atoms with van der Waals surface area (Å²) in [4.78, 5) is 0.223. The topological polar surface area (TPSA) is 58.2 Å². The highest BCUT2D eigenvalue weighted by molar-refractivity contribution is 9.10. The molecule has 0 amide bonds. The third-order valence-electron chi connectivity index (χ3n) is 2.58. The van der Waals surface area contributed by atoms with Crippen molar-refractivity contribution in [1.82, 2.24) is 10.0 Å². The lowest BCUT2D eigenvalue weighted by atomic mass is 10.3. The van der Waals surface area contributed by atoms with Gasteiger partial charge in [0.2, 0.25) is 10.0 Å². The number of nitrogens with one attached hydrogen (secondary N) is 2. The lowest BCUT2D eigenvalue weighted by molar-refractivity contribution is 0.560. The maximum atomic E-state index is 12.0. The zero-order valence-corrected chi connectivity index (χ0v) is 12.1. The predicted molar refractivity (Wildman–Crippen MR) is 70.7 cm³/mol. The highest BCUT2D eigenvalue weighted by Gasteiger charge is 2.22. The van der Waals surface area contributed by atoms with Gasteiger partial charge in [0.1, 0.15) is 0 Å². The van der Waals surface area contributed by atoms with E-state index in [2.05, 4.69) is 26.0 Å². The molecule has 2 rings (SSSR count). The van der Waals surface area contributed by atoms with Crippen LogP contribution < -0.4 is 10.0 Å². The molecule has 1 fully saturated rings. The highest BCUT2D eigenvalue weighted by Crippen LogP contribution is 2.25. The zero-order valence-electron chi connectivity index (χ0n) is 8.91. The molecule has 0 unspecified atom stereocenters. The minimum absolute atomic E-state index is 0.0329. The normalized spacial score (nSPS) is 20.7. The summed E-state index contributed by atoms with van der Waals surface area (Å²) in [5.41, 5.74) is 0. The molecule has 94 valence electrons. The molecule has 1 atom stereocenters. The van der Waals surface area contributed by atoms with Crippen LogP contribution in [0.25, 0.3) is 0 Å². The van der Waals surface area contributed by atoms with Crippen LogP contribution in [0.3, 0.4) is 0 Å². The van der Waals surface area contributed by atoms with E-state index < -0.39 is 10.0 Å². The second kappa shape index (κ2) is 5.24. The summed E-state index contributed by atoms with van der Waals surface area (Å²) >= 11 is 9.04. The Bertz CT molecular complexity index is 515. The van der Waals surface area contributed by atoms with Crippen molar-refractivity contribution in [3.05, 3.63) is 27.7 Å². The summed E-state index contributed by atoms with van der Waals surface area (Å²) in [5, 5.41) is 3.60. The van der Waals surface area contributed by atoms with E-state index >= 15 is 0 Å². The van der Waals surface area contributed by atoms with E-state index in [1.165, 1.54) is 12.1 Å². The third-order valence-corrected chi connectivity index (χ3v) is 5.32. The number of benzene rings is 1. The second-order valence-electron chi connectivity index (χ2n) is 3.89. The van der Waals surface area contributed by atoms with Gasteiger partial charge < -0.3 is 5.32 Å². The summed E-state index contributed by atoms with van der Waals surface area (Å²) in [6.07, 6.45) is 0.813. The van der Waals surface area contributed by atoms with Gasteiger partial charge >= 0.3 is 0 Å². The van der Waals surface area contributed by atoms with Crippen molar-refractivity contribution in [3.63, 3.8) is 0 Å². The van der Waals surface area contributed by atoms with Crippen molar-refractivity contribution in [2.75, 3.05) is 13.1 Å². The Morgan fingerprint density at radius 2 is 2.24 bits per heavy atom. The molecule has 17 heavy (non-hydrogen) atoms. The molecule has 1 aromatic carbocycles. The maximum absolute atomic E-state index is 12.0. The smallest absolute Gasteiger partial charge is 0.240 e. The number of halogens is 2. The number of sulfonamides is 1. The van der Waals surface area contributed by atoms with Crippen molar-refractivity contribution in [2.45, 2.75) is 17.4 Å². The first-order valence-electron chi connectivity index (χ1n) is 5.17. The van der Waals surface area contributed by atoms with Crippen molar-refractivity contribution >= 4 is 37.6 Å². The van der Waals surface area contributed by atoms with E-state index in [0.29, 0.717) is 16.0 Å². The van der Waals surface area contributed by atoms with Gasteiger partial charge in [-0.3, -0.25) is 0 Å². The Kier molecular flexibility index (Phi) is 4.10. The molecule has 1 aliphatic rings. The average Bonchev–Trinajstić information content (AvgIpc) is 2.73. The van der Waals surface area contributed by atoms with E-state index in [-0.39, 0.29) is 10.9 Å². The van der Waals surface area contributed by atoms with Gasteiger partial charge in [-0.25, -0.2) is 13.1 Å². The molecular formula is C10H12BrClN2O2S. The average molecular weight is 340 g/mol. The molecule has 0 saturated carbocycles. The van der Waals surface area contributed by atoms with E-state index in [0.717, 1.165) is 13.0 Å². The molecule has 1 aromatic rings. The standard InChI is InChI=1S/C10H12BrClN2O2S/c11-9-5-8(1-2-10(9)12)17(15,16)14-7-3-4-13-6-7/h1-2,5,7,13-14H,3-4,6H2/t7-/m1/s1. The molecule has 7 heteroatoms. The second-order valence-corrected chi connectivity index (χ2v) is 6.86.